The Kier molecular flexibility index (Phi) is 8.20. The largest absolute Gasteiger partial charge is 0.363 e. The third-order valence-electron chi connectivity index (χ3n) is 6.48. The Morgan fingerprint density at radius 1 is 1.08 bits per heavy atom. The third kappa shape index (κ3) is 6.31. The lowest BCUT2D eigenvalue weighted by atomic mass is 10.1. The van der Waals surface area contributed by atoms with Crippen LogP contribution in [0, 0.1) is 5.82 Å². The number of carbonyl (C=O) groups is 1. The van der Waals surface area contributed by atoms with Crippen molar-refractivity contribution in [3.63, 3.8) is 0 Å². The molecule has 0 fully saturated rings. The molecule has 1 aliphatic rings. The fourth-order valence-electron chi connectivity index (χ4n) is 4.50. The number of fused-ring (bicyclic) bond motifs is 1. The molecule has 2 heterocycles. The SMILES string of the molecule is CC(C)N1CCCN(S(C)(=O)=O)c2cc(Cl)ccc2CN(C(=O)c2conc2-c2ccc(F)cc2)CC1. The van der Waals surface area contributed by atoms with Crippen molar-refractivity contribution < 1.29 is 22.1 Å². The van der Waals surface area contributed by atoms with Gasteiger partial charge in [-0.1, -0.05) is 22.8 Å². The number of hydrogen-bond donors (Lipinski definition) is 0. The molecule has 1 aromatic heterocycles. The zero-order valence-corrected chi connectivity index (χ0v) is 22.6. The van der Waals surface area contributed by atoms with Gasteiger partial charge in [0.05, 0.1) is 11.9 Å². The van der Waals surface area contributed by atoms with Crippen molar-refractivity contribution in [1.82, 2.24) is 15.0 Å². The van der Waals surface area contributed by atoms with Crippen molar-refractivity contribution in [1.29, 1.82) is 0 Å². The van der Waals surface area contributed by atoms with E-state index in [0.29, 0.717) is 60.1 Å². The van der Waals surface area contributed by atoms with Gasteiger partial charge in [0.15, 0.2) is 0 Å². The Balaban J connectivity index is 1.77. The lowest BCUT2D eigenvalue weighted by molar-refractivity contribution is 0.0712. The first-order valence-electron chi connectivity index (χ1n) is 12.0. The number of carbonyl (C=O) groups excluding carboxylic acids is 1. The number of halogens is 2. The molecule has 0 radical (unpaired) electrons. The summed E-state index contributed by atoms with van der Waals surface area (Å²) in [5, 5.41) is 4.41. The van der Waals surface area contributed by atoms with E-state index < -0.39 is 15.8 Å². The molecular formula is C26H30ClFN4O4S. The smallest absolute Gasteiger partial charge is 0.259 e. The van der Waals surface area contributed by atoms with Crippen molar-refractivity contribution in [2.24, 2.45) is 0 Å². The molecule has 1 amide bonds. The highest BCUT2D eigenvalue weighted by molar-refractivity contribution is 7.92. The molecule has 0 saturated carbocycles. The number of hydrogen-bond acceptors (Lipinski definition) is 6. The van der Waals surface area contributed by atoms with Gasteiger partial charge in [-0.05, 0) is 62.2 Å². The Hall–Kier alpha value is -2.95. The number of nitrogens with zero attached hydrogens (tertiary/aromatic N) is 4. The number of anilines is 1. The van der Waals surface area contributed by atoms with Crippen LogP contribution in [-0.4, -0.2) is 67.8 Å². The van der Waals surface area contributed by atoms with Crippen LogP contribution in [0.15, 0.2) is 53.3 Å². The minimum absolute atomic E-state index is 0.150. The highest BCUT2D eigenvalue weighted by Crippen LogP contribution is 2.30. The van der Waals surface area contributed by atoms with E-state index in [4.69, 9.17) is 16.1 Å². The summed E-state index contributed by atoms with van der Waals surface area (Å²) in [4.78, 5) is 17.8. The van der Waals surface area contributed by atoms with E-state index in [1.807, 2.05) is 0 Å². The summed E-state index contributed by atoms with van der Waals surface area (Å²) >= 11 is 6.28. The normalized spacial score (nSPS) is 15.9. The molecule has 1 aliphatic heterocycles. The fourth-order valence-corrected chi connectivity index (χ4v) is 5.65. The average Bonchev–Trinajstić information content (AvgIpc) is 3.31. The van der Waals surface area contributed by atoms with E-state index in [0.717, 1.165) is 0 Å². The standard InChI is InChI=1S/C26H30ClFN4O4S/c1-18(2)30-11-4-12-32(37(3,34)35)24-15-21(27)8-5-20(24)16-31(14-13-30)26(33)23-17-36-29-25(23)19-6-9-22(28)10-7-19/h5-10,15,17-18H,4,11-14,16H2,1-3H3. The maximum absolute atomic E-state index is 13.9. The molecule has 0 atom stereocenters. The van der Waals surface area contributed by atoms with Gasteiger partial charge in [-0.25, -0.2) is 12.8 Å². The maximum Gasteiger partial charge on any atom is 0.259 e. The zero-order valence-electron chi connectivity index (χ0n) is 21.0. The molecule has 0 unspecified atom stereocenters. The number of rotatable bonds is 4. The minimum atomic E-state index is -3.60. The topological polar surface area (TPSA) is 87.0 Å². The predicted molar refractivity (Wildman–Crippen MR) is 142 cm³/mol. The van der Waals surface area contributed by atoms with Crippen molar-refractivity contribution in [2.45, 2.75) is 32.9 Å². The monoisotopic (exact) mass is 548 g/mol. The Morgan fingerprint density at radius 2 is 1.81 bits per heavy atom. The molecule has 2 aromatic carbocycles. The molecule has 0 saturated heterocycles. The van der Waals surface area contributed by atoms with Crippen LogP contribution in [-0.2, 0) is 16.6 Å². The van der Waals surface area contributed by atoms with Crippen LogP contribution >= 0.6 is 11.6 Å². The van der Waals surface area contributed by atoms with Crippen molar-refractivity contribution in [3.8, 4) is 11.3 Å². The molecule has 0 aliphatic carbocycles. The molecule has 0 bridgehead atoms. The van der Waals surface area contributed by atoms with Crippen LogP contribution < -0.4 is 4.31 Å². The van der Waals surface area contributed by atoms with Gasteiger partial charge in [0.2, 0.25) is 10.0 Å². The lowest BCUT2D eigenvalue weighted by Crippen LogP contribution is -2.41. The quantitative estimate of drug-likeness (QED) is 0.471. The van der Waals surface area contributed by atoms with Gasteiger partial charge in [0.1, 0.15) is 23.3 Å². The van der Waals surface area contributed by atoms with E-state index in [1.54, 1.807) is 35.2 Å². The molecule has 0 spiro atoms. The Bertz CT molecular complexity index is 1360. The summed E-state index contributed by atoms with van der Waals surface area (Å²) in [6.07, 6.45) is 3.08. The van der Waals surface area contributed by atoms with E-state index >= 15 is 0 Å². The molecule has 37 heavy (non-hydrogen) atoms. The Labute approximate surface area is 221 Å². The van der Waals surface area contributed by atoms with Crippen LogP contribution in [0.25, 0.3) is 11.3 Å². The first-order chi connectivity index (χ1) is 17.5. The second kappa shape index (κ2) is 11.2. The summed E-state index contributed by atoms with van der Waals surface area (Å²) in [6.45, 7) is 6.24. The average molecular weight is 549 g/mol. The van der Waals surface area contributed by atoms with Gasteiger partial charge in [-0.3, -0.25) is 14.0 Å². The van der Waals surface area contributed by atoms with E-state index in [-0.39, 0.29) is 24.1 Å². The molecular weight excluding hydrogens is 519 g/mol. The minimum Gasteiger partial charge on any atom is -0.363 e. The van der Waals surface area contributed by atoms with Gasteiger partial charge >= 0.3 is 0 Å². The summed E-state index contributed by atoms with van der Waals surface area (Å²) < 4.78 is 45.6. The fraction of sp³-hybridized carbons (Fsp3) is 0.385. The van der Waals surface area contributed by atoms with Gasteiger partial charge in [0.25, 0.3) is 5.91 Å². The van der Waals surface area contributed by atoms with Gasteiger partial charge in [-0.15, -0.1) is 0 Å². The van der Waals surface area contributed by atoms with Crippen LogP contribution in [0.4, 0.5) is 10.1 Å². The predicted octanol–water partition coefficient (Wildman–Crippen LogP) is 4.66. The molecule has 198 valence electrons. The van der Waals surface area contributed by atoms with Crippen molar-refractivity contribution in [2.75, 3.05) is 36.7 Å². The Morgan fingerprint density at radius 3 is 2.49 bits per heavy atom. The van der Waals surface area contributed by atoms with Crippen molar-refractivity contribution >= 4 is 33.2 Å². The van der Waals surface area contributed by atoms with Gasteiger partial charge < -0.3 is 9.42 Å². The van der Waals surface area contributed by atoms with Gasteiger partial charge in [0, 0.05) is 49.4 Å². The summed E-state index contributed by atoms with van der Waals surface area (Å²) in [5.41, 5.74) is 2.22. The van der Waals surface area contributed by atoms with E-state index in [9.17, 15) is 17.6 Å². The van der Waals surface area contributed by atoms with Crippen molar-refractivity contribution in [3.05, 3.63) is 70.7 Å². The molecule has 3 aromatic rings. The number of amides is 1. The zero-order chi connectivity index (χ0) is 26.7. The molecule has 8 nitrogen and oxygen atoms in total. The van der Waals surface area contributed by atoms with Crippen LogP contribution in [0.2, 0.25) is 5.02 Å². The summed E-state index contributed by atoms with van der Waals surface area (Å²) in [6, 6.07) is 10.9. The van der Waals surface area contributed by atoms with Crippen LogP contribution in [0.1, 0.15) is 36.2 Å². The number of sulfonamides is 1. The first-order valence-corrected chi connectivity index (χ1v) is 14.3. The highest BCUT2D eigenvalue weighted by Gasteiger charge is 2.28. The lowest BCUT2D eigenvalue weighted by Gasteiger charge is -2.30. The summed E-state index contributed by atoms with van der Waals surface area (Å²) in [7, 11) is -3.60. The molecule has 0 N–H and O–H groups in total. The number of benzene rings is 2. The second-order valence-corrected chi connectivity index (χ2v) is 11.7. The summed E-state index contributed by atoms with van der Waals surface area (Å²) in [5.74, 6) is -0.720. The highest BCUT2D eigenvalue weighted by atomic mass is 35.5. The van der Waals surface area contributed by atoms with E-state index in [1.165, 1.54) is 29.0 Å². The molecule has 11 heteroatoms. The number of aromatic nitrogens is 1. The van der Waals surface area contributed by atoms with Crippen LogP contribution in [0.5, 0.6) is 0 Å². The second-order valence-electron chi connectivity index (χ2n) is 9.40. The van der Waals surface area contributed by atoms with Crippen LogP contribution in [0.3, 0.4) is 0 Å². The maximum atomic E-state index is 13.9. The van der Waals surface area contributed by atoms with E-state index in [2.05, 4.69) is 23.9 Å². The first kappa shape index (κ1) is 27.1. The third-order valence-corrected chi connectivity index (χ3v) is 7.89. The van der Waals surface area contributed by atoms with Gasteiger partial charge in [-0.2, -0.15) is 0 Å². The molecule has 4 rings (SSSR count).